The standard InChI is InChI=1S/C18H24N2O3/c1-12-4-2-7-16-15(12)8-9-20(16)18(23)17(22)19-11-13-5-3-6-14(21)10-13/h2,4,7,13-14,21H,3,5-6,8-11H2,1H3,(H,19,22). The highest BCUT2D eigenvalue weighted by atomic mass is 16.3. The van der Waals surface area contributed by atoms with Gasteiger partial charge in [-0.3, -0.25) is 9.59 Å². The van der Waals surface area contributed by atoms with E-state index in [1.165, 1.54) is 0 Å². The summed E-state index contributed by atoms with van der Waals surface area (Å²) in [6.07, 6.45) is 4.06. The zero-order chi connectivity index (χ0) is 16.4. The number of benzene rings is 1. The summed E-state index contributed by atoms with van der Waals surface area (Å²) in [5, 5.41) is 12.4. The molecule has 5 heteroatoms. The van der Waals surface area contributed by atoms with Crippen molar-refractivity contribution in [2.24, 2.45) is 5.92 Å². The number of rotatable bonds is 2. The Morgan fingerprint density at radius 1 is 1.35 bits per heavy atom. The first kappa shape index (κ1) is 16.0. The van der Waals surface area contributed by atoms with Crippen LogP contribution in [0, 0.1) is 12.8 Å². The topological polar surface area (TPSA) is 69.6 Å². The quantitative estimate of drug-likeness (QED) is 0.813. The van der Waals surface area contributed by atoms with Crippen molar-refractivity contribution in [1.29, 1.82) is 0 Å². The van der Waals surface area contributed by atoms with Gasteiger partial charge in [0.1, 0.15) is 0 Å². The second kappa shape index (κ2) is 6.71. The Labute approximate surface area is 136 Å². The predicted molar refractivity (Wildman–Crippen MR) is 88.2 cm³/mol. The number of aliphatic hydroxyl groups is 1. The van der Waals surface area contributed by atoms with E-state index in [2.05, 4.69) is 5.32 Å². The molecule has 2 amide bonds. The van der Waals surface area contributed by atoms with Gasteiger partial charge in [0.2, 0.25) is 0 Å². The molecule has 1 aromatic carbocycles. The molecule has 3 rings (SSSR count). The molecular weight excluding hydrogens is 292 g/mol. The van der Waals surface area contributed by atoms with Gasteiger partial charge in [0.15, 0.2) is 0 Å². The summed E-state index contributed by atoms with van der Waals surface area (Å²) < 4.78 is 0. The number of aliphatic hydroxyl groups excluding tert-OH is 1. The van der Waals surface area contributed by atoms with E-state index in [-0.39, 0.29) is 12.0 Å². The minimum absolute atomic E-state index is 0.267. The fourth-order valence-electron chi connectivity index (χ4n) is 3.70. The number of nitrogens with one attached hydrogen (secondary N) is 1. The minimum atomic E-state index is -0.542. The summed E-state index contributed by atoms with van der Waals surface area (Å²) in [6.45, 7) is 3.06. The summed E-state index contributed by atoms with van der Waals surface area (Å²) in [5.41, 5.74) is 3.18. The third-order valence-corrected chi connectivity index (χ3v) is 5.01. The summed E-state index contributed by atoms with van der Waals surface area (Å²) in [4.78, 5) is 26.2. The number of fused-ring (bicyclic) bond motifs is 1. The Morgan fingerprint density at radius 2 is 2.17 bits per heavy atom. The normalized spacial score (nSPS) is 23.5. The zero-order valence-electron chi connectivity index (χ0n) is 13.5. The molecule has 1 aliphatic carbocycles. The maximum atomic E-state index is 12.4. The van der Waals surface area contributed by atoms with Crippen molar-refractivity contribution in [2.75, 3.05) is 18.0 Å². The molecule has 1 aromatic rings. The molecule has 0 bridgehead atoms. The lowest BCUT2D eigenvalue weighted by Crippen LogP contribution is -2.44. The zero-order valence-corrected chi connectivity index (χ0v) is 13.5. The molecule has 0 spiro atoms. The van der Waals surface area contributed by atoms with E-state index < -0.39 is 11.8 Å². The van der Waals surface area contributed by atoms with Gasteiger partial charge in [0.05, 0.1) is 6.10 Å². The average molecular weight is 316 g/mol. The summed E-state index contributed by atoms with van der Waals surface area (Å²) >= 11 is 0. The Balaban J connectivity index is 1.59. The van der Waals surface area contributed by atoms with Gasteiger partial charge in [-0.2, -0.15) is 0 Å². The van der Waals surface area contributed by atoms with Crippen LogP contribution in [0.1, 0.15) is 36.8 Å². The van der Waals surface area contributed by atoms with Gasteiger partial charge >= 0.3 is 11.8 Å². The molecule has 1 saturated carbocycles. The minimum Gasteiger partial charge on any atom is -0.393 e. The van der Waals surface area contributed by atoms with E-state index in [0.717, 1.165) is 42.5 Å². The van der Waals surface area contributed by atoms with Crippen LogP contribution in [0.4, 0.5) is 5.69 Å². The monoisotopic (exact) mass is 316 g/mol. The molecule has 0 aromatic heterocycles. The number of nitrogens with zero attached hydrogens (tertiary/aromatic N) is 1. The van der Waals surface area contributed by atoms with Crippen LogP contribution in [0.5, 0.6) is 0 Å². The van der Waals surface area contributed by atoms with E-state index in [4.69, 9.17) is 0 Å². The number of aryl methyl sites for hydroxylation is 1. The van der Waals surface area contributed by atoms with Crippen molar-refractivity contribution < 1.29 is 14.7 Å². The van der Waals surface area contributed by atoms with E-state index in [0.29, 0.717) is 19.5 Å². The fraction of sp³-hybridized carbons (Fsp3) is 0.556. The highest BCUT2D eigenvalue weighted by Gasteiger charge is 2.30. The average Bonchev–Trinajstić information content (AvgIpc) is 2.97. The first-order valence-electron chi connectivity index (χ1n) is 8.42. The second-order valence-electron chi connectivity index (χ2n) is 6.68. The highest BCUT2D eigenvalue weighted by molar-refractivity contribution is 6.40. The molecule has 5 nitrogen and oxygen atoms in total. The first-order valence-corrected chi connectivity index (χ1v) is 8.42. The molecule has 1 aliphatic heterocycles. The maximum Gasteiger partial charge on any atom is 0.316 e. The molecule has 2 unspecified atom stereocenters. The van der Waals surface area contributed by atoms with Crippen molar-refractivity contribution in [3.8, 4) is 0 Å². The van der Waals surface area contributed by atoms with Crippen molar-refractivity contribution >= 4 is 17.5 Å². The van der Waals surface area contributed by atoms with Crippen LogP contribution in [0.25, 0.3) is 0 Å². The van der Waals surface area contributed by atoms with Gasteiger partial charge in [-0.05, 0) is 55.7 Å². The third kappa shape index (κ3) is 3.39. The number of hydrogen-bond acceptors (Lipinski definition) is 3. The SMILES string of the molecule is Cc1cccc2c1CCN2C(=O)C(=O)NCC1CCCC(O)C1. The summed E-state index contributed by atoms with van der Waals surface area (Å²) in [6, 6.07) is 5.85. The van der Waals surface area contributed by atoms with Crippen LogP contribution < -0.4 is 10.2 Å². The lowest BCUT2D eigenvalue weighted by atomic mass is 9.87. The van der Waals surface area contributed by atoms with Crippen molar-refractivity contribution in [2.45, 2.75) is 45.1 Å². The Hall–Kier alpha value is -1.88. The van der Waals surface area contributed by atoms with Crippen molar-refractivity contribution in [1.82, 2.24) is 5.32 Å². The van der Waals surface area contributed by atoms with E-state index in [1.54, 1.807) is 4.90 Å². The molecule has 23 heavy (non-hydrogen) atoms. The number of carbonyl (C=O) groups is 2. The number of amides is 2. The van der Waals surface area contributed by atoms with E-state index in [9.17, 15) is 14.7 Å². The molecule has 2 N–H and O–H groups in total. The summed E-state index contributed by atoms with van der Waals surface area (Å²) in [7, 11) is 0. The van der Waals surface area contributed by atoms with Crippen LogP contribution in [0.15, 0.2) is 18.2 Å². The van der Waals surface area contributed by atoms with Gasteiger partial charge < -0.3 is 15.3 Å². The van der Waals surface area contributed by atoms with Gasteiger partial charge in [-0.25, -0.2) is 0 Å². The molecule has 2 aliphatic rings. The van der Waals surface area contributed by atoms with Gasteiger partial charge in [0.25, 0.3) is 0 Å². The third-order valence-electron chi connectivity index (χ3n) is 5.01. The Kier molecular flexibility index (Phi) is 4.66. The molecule has 124 valence electrons. The summed E-state index contributed by atoms with van der Waals surface area (Å²) in [5.74, 6) is -0.756. The van der Waals surface area contributed by atoms with E-state index >= 15 is 0 Å². The van der Waals surface area contributed by atoms with Crippen LogP contribution >= 0.6 is 0 Å². The Morgan fingerprint density at radius 3 is 2.96 bits per heavy atom. The fourth-order valence-corrected chi connectivity index (χ4v) is 3.70. The molecule has 0 saturated heterocycles. The molecule has 0 radical (unpaired) electrons. The largest absolute Gasteiger partial charge is 0.393 e. The molecule has 2 atom stereocenters. The van der Waals surface area contributed by atoms with Crippen LogP contribution in [-0.4, -0.2) is 36.1 Å². The predicted octanol–water partition coefficient (Wildman–Crippen LogP) is 1.55. The van der Waals surface area contributed by atoms with Crippen LogP contribution in [0.2, 0.25) is 0 Å². The van der Waals surface area contributed by atoms with Gasteiger partial charge in [0, 0.05) is 18.8 Å². The maximum absolute atomic E-state index is 12.4. The first-order chi connectivity index (χ1) is 11.1. The molecular formula is C18H24N2O3. The molecule has 1 heterocycles. The lowest BCUT2D eigenvalue weighted by Gasteiger charge is -2.26. The number of anilines is 1. The van der Waals surface area contributed by atoms with Crippen molar-refractivity contribution in [3.63, 3.8) is 0 Å². The van der Waals surface area contributed by atoms with Crippen LogP contribution in [-0.2, 0) is 16.0 Å². The second-order valence-corrected chi connectivity index (χ2v) is 6.68. The highest BCUT2D eigenvalue weighted by Crippen LogP contribution is 2.30. The van der Waals surface area contributed by atoms with Crippen molar-refractivity contribution in [3.05, 3.63) is 29.3 Å². The lowest BCUT2D eigenvalue weighted by molar-refractivity contribution is -0.137. The Bertz CT molecular complexity index is 614. The van der Waals surface area contributed by atoms with Gasteiger partial charge in [-0.15, -0.1) is 0 Å². The van der Waals surface area contributed by atoms with E-state index in [1.807, 2.05) is 25.1 Å². The number of hydrogen-bond donors (Lipinski definition) is 2. The van der Waals surface area contributed by atoms with Crippen LogP contribution in [0.3, 0.4) is 0 Å². The number of carbonyl (C=O) groups excluding carboxylic acids is 2. The smallest absolute Gasteiger partial charge is 0.316 e. The molecule has 1 fully saturated rings. The van der Waals surface area contributed by atoms with Gasteiger partial charge in [-0.1, -0.05) is 18.6 Å².